The van der Waals surface area contributed by atoms with Crippen molar-refractivity contribution < 1.29 is 95.6 Å². The molecule has 0 aliphatic carbocycles. The molecule has 2 amide bonds. The molecule has 0 aromatic rings. The van der Waals surface area contributed by atoms with Gasteiger partial charge in [0.05, 0.1) is 25.0 Å². The summed E-state index contributed by atoms with van der Waals surface area (Å²) in [5.41, 5.74) is 11.0. The summed E-state index contributed by atoms with van der Waals surface area (Å²) in [6, 6.07) is 0. The van der Waals surface area contributed by atoms with Gasteiger partial charge in [-0.15, -0.1) is 0 Å². The smallest absolute Gasteiger partial charge is 0.303 e. The molecular weight excluding hydrogens is 804 g/mol. The highest BCUT2D eigenvalue weighted by Gasteiger charge is 2.53. The predicted octanol–water partition coefficient (Wildman–Crippen LogP) is -0.366. The fraction of sp³-hybridized carbons (Fsp3) is 0.789. The molecule has 0 aromatic carbocycles. The van der Waals surface area contributed by atoms with E-state index in [4.69, 9.17) is 63.6 Å². The third kappa shape index (κ3) is 18.8. The maximum absolute atomic E-state index is 12.1. The van der Waals surface area contributed by atoms with Crippen molar-refractivity contribution in [1.82, 2.24) is 0 Å². The Hall–Kier alpha value is -4.48. The van der Waals surface area contributed by atoms with Gasteiger partial charge in [0.1, 0.15) is 43.7 Å². The minimum atomic E-state index is -1.34. The molecule has 0 saturated carbocycles. The van der Waals surface area contributed by atoms with E-state index in [0.29, 0.717) is 19.3 Å². The molecule has 2 rings (SSSR count). The monoisotopic (exact) mass is 864 g/mol. The Bertz CT molecular complexity index is 1440. The van der Waals surface area contributed by atoms with Crippen molar-refractivity contribution in [3.63, 3.8) is 0 Å². The Labute approximate surface area is 347 Å². The number of carbonyl (C=O) groups excluding carboxylic acids is 8. The predicted molar refractivity (Wildman–Crippen MR) is 199 cm³/mol. The van der Waals surface area contributed by atoms with E-state index in [1.54, 1.807) is 0 Å². The minimum absolute atomic E-state index is 0.104. The minimum Gasteiger partial charge on any atom is -0.463 e. The highest BCUT2D eigenvalue weighted by molar-refractivity contribution is 5.75. The van der Waals surface area contributed by atoms with Crippen molar-refractivity contribution in [2.75, 3.05) is 39.6 Å². The second kappa shape index (κ2) is 26.7. The number of nitrogens with two attached hydrogens (primary N) is 2. The molecule has 22 nitrogen and oxygen atoms in total. The first-order valence-corrected chi connectivity index (χ1v) is 19.6. The number of aliphatic hydroxyl groups excluding tert-OH is 1. The van der Waals surface area contributed by atoms with Gasteiger partial charge in [-0.1, -0.05) is 19.3 Å². The summed E-state index contributed by atoms with van der Waals surface area (Å²) in [5, 5.41) is 10.1. The van der Waals surface area contributed by atoms with Crippen LogP contribution in [-0.2, 0) is 90.5 Å². The molecule has 5 N–H and O–H groups in total. The van der Waals surface area contributed by atoms with Crippen LogP contribution in [0.1, 0.15) is 86.5 Å². The van der Waals surface area contributed by atoms with E-state index in [1.807, 2.05) is 0 Å². The summed E-state index contributed by atoms with van der Waals surface area (Å²) < 4.78 is 61.6. The molecule has 11 atom stereocenters. The number of ether oxygens (including phenoxy) is 11. The molecule has 2 saturated heterocycles. The zero-order chi connectivity index (χ0) is 44.9. The van der Waals surface area contributed by atoms with Gasteiger partial charge in [0, 0.05) is 67.6 Å². The number of unbranched alkanes of at least 4 members (excludes halogenated alkanes) is 4. The van der Waals surface area contributed by atoms with Gasteiger partial charge in [0.2, 0.25) is 11.8 Å². The molecular formula is C38H60N2O20. The normalized spacial score (nSPS) is 26.8. The zero-order valence-corrected chi connectivity index (χ0v) is 34.9. The van der Waals surface area contributed by atoms with Crippen molar-refractivity contribution in [1.29, 1.82) is 0 Å². The van der Waals surface area contributed by atoms with Gasteiger partial charge in [-0.2, -0.15) is 0 Å². The summed E-state index contributed by atoms with van der Waals surface area (Å²) in [6.07, 6.45) is -8.08. The Morgan fingerprint density at radius 3 is 1.37 bits per heavy atom. The number of primary amides is 2. The van der Waals surface area contributed by atoms with Crippen LogP contribution in [0.4, 0.5) is 0 Å². The Balaban J connectivity index is 1.95. The van der Waals surface area contributed by atoms with Crippen LogP contribution in [0.3, 0.4) is 0 Å². The van der Waals surface area contributed by atoms with Gasteiger partial charge >= 0.3 is 35.8 Å². The average Bonchev–Trinajstić information content (AvgIpc) is 3.13. The number of rotatable bonds is 26. The molecule has 2 aliphatic heterocycles. The first kappa shape index (κ1) is 51.7. The number of hydrogen-bond acceptors (Lipinski definition) is 20. The summed E-state index contributed by atoms with van der Waals surface area (Å²) in [7, 11) is 0. The van der Waals surface area contributed by atoms with Crippen molar-refractivity contribution in [3.8, 4) is 0 Å². The molecule has 0 radical (unpaired) electrons. The van der Waals surface area contributed by atoms with Gasteiger partial charge < -0.3 is 68.7 Å². The van der Waals surface area contributed by atoms with Crippen LogP contribution in [0.15, 0.2) is 0 Å². The van der Waals surface area contributed by atoms with Gasteiger partial charge in [-0.3, -0.25) is 38.4 Å². The first-order valence-electron chi connectivity index (χ1n) is 19.6. The average molecular weight is 865 g/mol. The van der Waals surface area contributed by atoms with Crippen molar-refractivity contribution >= 4 is 47.6 Å². The van der Waals surface area contributed by atoms with Gasteiger partial charge in [0.25, 0.3) is 0 Å². The topological polar surface area (TPSA) is 310 Å². The van der Waals surface area contributed by atoms with E-state index in [-0.39, 0.29) is 32.8 Å². The lowest BCUT2D eigenvalue weighted by atomic mass is 9.87. The number of hydrogen-bond donors (Lipinski definition) is 3. The van der Waals surface area contributed by atoms with Crippen molar-refractivity contribution in [3.05, 3.63) is 0 Å². The van der Waals surface area contributed by atoms with Gasteiger partial charge in [-0.25, -0.2) is 0 Å². The maximum Gasteiger partial charge on any atom is 0.303 e. The van der Waals surface area contributed by atoms with Crippen LogP contribution in [0.5, 0.6) is 0 Å². The van der Waals surface area contributed by atoms with E-state index < -0.39 is 134 Å². The third-order valence-electron chi connectivity index (χ3n) is 9.07. The number of amides is 2. The number of carbonyl (C=O) groups is 8. The highest BCUT2D eigenvalue weighted by Crippen LogP contribution is 2.36. The molecule has 60 heavy (non-hydrogen) atoms. The van der Waals surface area contributed by atoms with Crippen LogP contribution < -0.4 is 11.5 Å². The number of aliphatic hydroxyl groups is 1. The maximum atomic E-state index is 12.1. The summed E-state index contributed by atoms with van der Waals surface area (Å²) in [5.74, 6) is -7.84. The van der Waals surface area contributed by atoms with Crippen LogP contribution in [-0.4, -0.2) is 148 Å². The Kier molecular flexibility index (Phi) is 23.0. The standard InChI is InChI=1S/C38H60N2O20/c1-20(42)52-18-29-35(56-24(5)46)33(54-22(3)44)27(14-31(39)48)37(59-29)51-13-11-9-7-8-10-12-50-17-26(16-41)58-38-28(15-32(40)49)34(55-23(4)45)36(57-25(6)47)30(60-38)19-53-21(2)43/h26-30,33-38,41H,7-19H2,1-6H3,(H2,39,48)(H2,40,49)/t26-,27-,28-,29-,30-,33-,34-,35+,36+,37-,38-/m1/s1. The lowest BCUT2D eigenvalue weighted by molar-refractivity contribution is -0.306. The molecule has 22 heteroatoms. The fourth-order valence-electron chi connectivity index (χ4n) is 6.71. The van der Waals surface area contributed by atoms with Crippen LogP contribution >= 0.6 is 0 Å². The van der Waals surface area contributed by atoms with E-state index >= 15 is 0 Å². The van der Waals surface area contributed by atoms with E-state index in [0.717, 1.165) is 47.5 Å². The van der Waals surface area contributed by atoms with Crippen LogP contribution in [0.2, 0.25) is 0 Å². The SMILES string of the molecule is CC(=O)OC[C@H]1O[C@@H](OCCCCCCCOC[C@@H](CO)O[C@@H]2O[C@H](COC(C)=O)[C@H](OC(C)=O)[C@H](OC(C)=O)[C@H]2CC(N)=O)[C@H](CC(N)=O)[C@@H](OC(C)=O)[C@H]1OC(C)=O. The summed E-state index contributed by atoms with van der Waals surface area (Å²) >= 11 is 0. The van der Waals surface area contributed by atoms with Crippen molar-refractivity contribution in [2.24, 2.45) is 23.3 Å². The van der Waals surface area contributed by atoms with E-state index in [9.17, 15) is 43.5 Å². The molecule has 0 bridgehead atoms. The van der Waals surface area contributed by atoms with Crippen LogP contribution in [0.25, 0.3) is 0 Å². The largest absolute Gasteiger partial charge is 0.463 e. The Morgan fingerprint density at radius 2 is 0.950 bits per heavy atom. The molecule has 342 valence electrons. The van der Waals surface area contributed by atoms with E-state index in [1.165, 1.54) is 6.92 Å². The quantitative estimate of drug-likeness (QED) is 0.0568. The first-order chi connectivity index (χ1) is 28.3. The second-order valence-corrected chi connectivity index (χ2v) is 14.3. The summed E-state index contributed by atoms with van der Waals surface area (Å²) in [6.45, 7) is 5.90. The second-order valence-electron chi connectivity index (χ2n) is 14.3. The third-order valence-corrected chi connectivity index (χ3v) is 9.07. The van der Waals surface area contributed by atoms with Crippen LogP contribution in [0, 0.1) is 11.8 Å². The zero-order valence-electron chi connectivity index (χ0n) is 34.9. The number of esters is 6. The highest BCUT2D eigenvalue weighted by atomic mass is 16.7. The van der Waals surface area contributed by atoms with E-state index in [2.05, 4.69) is 0 Å². The molecule has 2 heterocycles. The lowest BCUT2D eigenvalue weighted by Gasteiger charge is -2.45. The molecule has 0 unspecified atom stereocenters. The van der Waals surface area contributed by atoms with Crippen molar-refractivity contribution in [2.45, 2.75) is 142 Å². The molecule has 2 aliphatic rings. The molecule has 0 spiro atoms. The van der Waals surface area contributed by atoms with Gasteiger partial charge in [0.15, 0.2) is 24.8 Å². The summed E-state index contributed by atoms with van der Waals surface area (Å²) in [4.78, 5) is 95.3. The fourth-order valence-corrected chi connectivity index (χ4v) is 6.71. The van der Waals surface area contributed by atoms with Gasteiger partial charge in [-0.05, 0) is 12.8 Å². The molecule has 0 aromatic heterocycles. The Morgan fingerprint density at radius 1 is 0.550 bits per heavy atom. The molecule has 2 fully saturated rings. The lowest BCUT2D eigenvalue weighted by Crippen LogP contribution is -2.60.